The fourth-order valence-electron chi connectivity index (χ4n) is 3.96. The molecular formula is C21H29N3O2. The molecule has 1 amide bonds. The average molecular weight is 355 g/mol. The summed E-state index contributed by atoms with van der Waals surface area (Å²) in [5, 5.41) is 15.0. The van der Waals surface area contributed by atoms with Crippen LogP contribution >= 0.6 is 0 Å². The largest absolute Gasteiger partial charge is 0.388 e. The van der Waals surface area contributed by atoms with E-state index in [-0.39, 0.29) is 11.8 Å². The second-order valence-corrected chi connectivity index (χ2v) is 7.35. The van der Waals surface area contributed by atoms with Gasteiger partial charge < -0.3 is 10.0 Å². The smallest absolute Gasteiger partial charge is 0.222 e. The maximum Gasteiger partial charge on any atom is 0.222 e. The highest BCUT2D eigenvalue weighted by molar-refractivity contribution is 5.76. The first-order valence-corrected chi connectivity index (χ1v) is 9.47. The SMILES string of the molecule is Cc1nn(C)c(C)c1CCC(=O)N1CCC(C(O)c2ccccc2)CC1. The van der Waals surface area contributed by atoms with Crippen LogP contribution in [0.5, 0.6) is 0 Å². The molecule has 1 aliphatic heterocycles. The third kappa shape index (κ3) is 3.98. The average Bonchev–Trinajstić information content (AvgIpc) is 2.91. The minimum Gasteiger partial charge on any atom is -0.388 e. The minimum absolute atomic E-state index is 0.209. The van der Waals surface area contributed by atoms with Crippen molar-refractivity contribution in [2.75, 3.05) is 13.1 Å². The van der Waals surface area contributed by atoms with Crippen LogP contribution in [0.3, 0.4) is 0 Å². The van der Waals surface area contributed by atoms with Crippen molar-refractivity contribution in [2.24, 2.45) is 13.0 Å². The first-order valence-electron chi connectivity index (χ1n) is 9.47. The number of aliphatic hydroxyl groups excluding tert-OH is 1. The van der Waals surface area contributed by atoms with E-state index in [4.69, 9.17) is 0 Å². The molecule has 0 spiro atoms. The quantitative estimate of drug-likeness (QED) is 0.897. The van der Waals surface area contributed by atoms with Crippen molar-refractivity contribution in [2.45, 2.75) is 45.6 Å². The van der Waals surface area contributed by atoms with Gasteiger partial charge in [0.05, 0.1) is 11.8 Å². The van der Waals surface area contributed by atoms with Gasteiger partial charge in [0.2, 0.25) is 5.91 Å². The topological polar surface area (TPSA) is 58.4 Å². The van der Waals surface area contributed by atoms with Crippen LogP contribution in [-0.4, -0.2) is 38.8 Å². The van der Waals surface area contributed by atoms with E-state index < -0.39 is 6.10 Å². The molecule has 0 bridgehead atoms. The lowest BCUT2D eigenvalue weighted by Gasteiger charge is -2.34. The van der Waals surface area contributed by atoms with Crippen LogP contribution in [0.15, 0.2) is 30.3 Å². The predicted octanol–water partition coefficient (Wildman–Crippen LogP) is 2.94. The lowest BCUT2D eigenvalue weighted by atomic mass is 9.87. The first-order chi connectivity index (χ1) is 12.5. The lowest BCUT2D eigenvalue weighted by molar-refractivity contribution is -0.133. The molecule has 3 rings (SSSR count). The molecule has 0 radical (unpaired) electrons. The van der Waals surface area contributed by atoms with Gasteiger partial charge >= 0.3 is 0 Å². The zero-order valence-corrected chi connectivity index (χ0v) is 16.0. The summed E-state index contributed by atoms with van der Waals surface area (Å²) in [7, 11) is 1.94. The van der Waals surface area contributed by atoms with E-state index in [1.807, 2.05) is 53.9 Å². The Kier molecular flexibility index (Phi) is 5.77. The molecule has 2 heterocycles. The van der Waals surface area contributed by atoms with Crippen LogP contribution in [-0.2, 0) is 18.3 Å². The predicted molar refractivity (Wildman–Crippen MR) is 102 cm³/mol. The van der Waals surface area contributed by atoms with Gasteiger partial charge in [0.15, 0.2) is 0 Å². The van der Waals surface area contributed by atoms with Crippen LogP contribution < -0.4 is 0 Å². The molecule has 1 unspecified atom stereocenters. The molecule has 1 N–H and O–H groups in total. The Hall–Kier alpha value is -2.14. The number of amides is 1. The van der Waals surface area contributed by atoms with Crippen molar-refractivity contribution in [3.63, 3.8) is 0 Å². The molecule has 0 saturated carbocycles. The van der Waals surface area contributed by atoms with E-state index in [1.54, 1.807) is 0 Å². The fraction of sp³-hybridized carbons (Fsp3) is 0.524. The van der Waals surface area contributed by atoms with Crippen LogP contribution in [0.4, 0.5) is 0 Å². The summed E-state index contributed by atoms with van der Waals surface area (Å²) in [6.07, 6.45) is 2.55. The molecule has 2 aromatic rings. The van der Waals surface area contributed by atoms with Crippen molar-refractivity contribution in [1.29, 1.82) is 0 Å². The fourth-order valence-corrected chi connectivity index (χ4v) is 3.96. The number of aryl methyl sites for hydroxylation is 2. The van der Waals surface area contributed by atoms with Gasteiger partial charge in [-0.25, -0.2) is 0 Å². The summed E-state index contributed by atoms with van der Waals surface area (Å²) < 4.78 is 1.88. The number of rotatable bonds is 5. The minimum atomic E-state index is -0.436. The van der Waals surface area contributed by atoms with Crippen molar-refractivity contribution < 1.29 is 9.90 Å². The van der Waals surface area contributed by atoms with Gasteiger partial charge in [0, 0.05) is 32.3 Å². The van der Waals surface area contributed by atoms with E-state index in [1.165, 1.54) is 5.56 Å². The number of aliphatic hydroxyl groups is 1. The highest BCUT2D eigenvalue weighted by atomic mass is 16.3. The van der Waals surface area contributed by atoms with Crippen LogP contribution in [0.2, 0.25) is 0 Å². The number of aromatic nitrogens is 2. The summed E-state index contributed by atoms with van der Waals surface area (Å²) in [6, 6.07) is 9.82. The molecule has 1 saturated heterocycles. The van der Waals surface area contributed by atoms with Gasteiger partial charge in [-0.15, -0.1) is 0 Å². The Labute approximate surface area is 155 Å². The number of carbonyl (C=O) groups excluding carboxylic acids is 1. The Morgan fingerprint density at radius 3 is 2.46 bits per heavy atom. The maximum absolute atomic E-state index is 12.6. The summed E-state index contributed by atoms with van der Waals surface area (Å²) in [5.74, 6) is 0.435. The summed E-state index contributed by atoms with van der Waals surface area (Å²) >= 11 is 0. The highest BCUT2D eigenvalue weighted by Crippen LogP contribution is 2.30. The monoisotopic (exact) mass is 355 g/mol. The molecular weight excluding hydrogens is 326 g/mol. The van der Waals surface area contributed by atoms with E-state index in [2.05, 4.69) is 12.0 Å². The number of benzene rings is 1. The van der Waals surface area contributed by atoms with Crippen LogP contribution in [0, 0.1) is 19.8 Å². The van der Waals surface area contributed by atoms with E-state index in [9.17, 15) is 9.90 Å². The zero-order valence-electron chi connectivity index (χ0n) is 16.0. The Morgan fingerprint density at radius 1 is 1.23 bits per heavy atom. The Morgan fingerprint density at radius 2 is 1.88 bits per heavy atom. The molecule has 1 aromatic carbocycles. The number of piperidine rings is 1. The van der Waals surface area contributed by atoms with Gasteiger partial charge in [-0.1, -0.05) is 30.3 Å². The Bertz CT molecular complexity index is 746. The van der Waals surface area contributed by atoms with Crippen LogP contribution in [0.25, 0.3) is 0 Å². The third-order valence-corrected chi connectivity index (χ3v) is 5.73. The van der Waals surface area contributed by atoms with Gasteiger partial charge in [-0.2, -0.15) is 5.10 Å². The molecule has 5 nitrogen and oxygen atoms in total. The molecule has 0 aliphatic carbocycles. The van der Waals surface area contributed by atoms with E-state index in [0.29, 0.717) is 6.42 Å². The number of hydrogen-bond donors (Lipinski definition) is 1. The first kappa shape index (κ1) is 18.6. The second kappa shape index (κ2) is 8.04. The van der Waals surface area contributed by atoms with E-state index >= 15 is 0 Å². The molecule has 26 heavy (non-hydrogen) atoms. The maximum atomic E-state index is 12.6. The van der Waals surface area contributed by atoms with Crippen LogP contribution in [0.1, 0.15) is 47.9 Å². The molecule has 140 valence electrons. The van der Waals surface area contributed by atoms with Gasteiger partial charge in [0.1, 0.15) is 0 Å². The van der Waals surface area contributed by atoms with Crippen molar-refractivity contribution >= 4 is 5.91 Å². The summed E-state index contributed by atoms with van der Waals surface area (Å²) in [6.45, 7) is 5.52. The Balaban J connectivity index is 1.50. The summed E-state index contributed by atoms with van der Waals surface area (Å²) in [4.78, 5) is 14.5. The standard InChI is InChI=1S/C21H29N3O2/c1-15-19(16(2)23(3)22-15)9-10-20(25)24-13-11-18(12-14-24)21(26)17-7-5-4-6-8-17/h4-8,18,21,26H,9-14H2,1-3H3. The number of likely N-dealkylation sites (tertiary alicyclic amines) is 1. The highest BCUT2D eigenvalue weighted by Gasteiger charge is 2.28. The summed E-state index contributed by atoms with van der Waals surface area (Å²) in [5.41, 5.74) is 4.32. The zero-order chi connectivity index (χ0) is 18.7. The molecule has 1 atom stereocenters. The number of carbonyl (C=O) groups is 1. The molecule has 1 aromatic heterocycles. The molecule has 1 fully saturated rings. The van der Waals surface area contributed by atoms with Crippen molar-refractivity contribution in [1.82, 2.24) is 14.7 Å². The normalized spacial score (nSPS) is 16.7. The molecule has 5 heteroatoms. The third-order valence-electron chi connectivity index (χ3n) is 5.73. The molecule has 1 aliphatic rings. The van der Waals surface area contributed by atoms with Gasteiger partial charge in [-0.05, 0) is 50.2 Å². The van der Waals surface area contributed by atoms with Gasteiger partial charge in [-0.3, -0.25) is 9.48 Å². The lowest BCUT2D eigenvalue weighted by Crippen LogP contribution is -2.39. The number of hydrogen-bond acceptors (Lipinski definition) is 3. The van der Waals surface area contributed by atoms with Gasteiger partial charge in [0.25, 0.3) is 0 Å². The van der Waals surface area contributed by atoms with Crippen molar-refractivity contribution in [3.05, 3.63) is 52.8 Å². The number of nitrogens with zero attached hydrogens (tertiary/aromatic N) is 3. The van der Waals surface area contributed by atoms with Crippen molar-refractivity contribution in [3.8, 4) is 0 Å². The second-order valence-electron chi connectivity index (χ2n) is 7.35. The van der Waals surface area contributed by atoms with E-state index in [0.717, 1.165) is 49.3 Å².